The van der Waals surface area contributed by atoms with Gasteiger partial charge in [0.15, 0.2) is 5.76 Å². The molecule has 0 saturated carbocycles. The second-order valence-corrected chi connectivity index (χ2v) is 3.53. The van der Waals surface area contributed by atoms with E-state index in [1.807, 2.05) is 11.8 Å². The minimum Gasteiger partial charge on any atom is -0.459 e. The summed E-state index contributed by atoms with van der Waals surface area (Å²) >= 11 is 0. The molecule has 1 aliphatic rings. The number of carbonyl (C=O) groups is 1. The molecule has 4 nitrogen and oxygen atoms in total. The van der Waals surface area contributed by atoms with Crippen LogP contribution in [0.4, 0.5) is 0 Å². The van der Waals surface area contributed by atoms with E-state index >= 15 is 0 Å². The molecule has 1 amide bonds. The lowest BCUT2D eigenvalue weighted by Gasteiger charge is -2.33. The summed E-state index contributed by atoms with van der Waals surface area (Å²) in [7, 11) is 0. The first kappa shape index (κ1) is 9.27. The maximum absolute atomic E-state index is 11.9. The predicted octanol–water partition coefficient (Wildman–Crippen LogP) is 0.713. The summed E-state index contributed by atoms with van der Waals surface area (Å²) in [5.74, 6) is 0.419. The molecule has 14 heavy (non-hydrogen) atoms. The third-order valence-corrected chi connectivity index (χ3v) is 2.49. The van der Waals surface area contributed by atoms with Gasteiger partial charge < -0.3 is 14.6 Å². The molecule has 1 aromatic heterocycles. The SMILES string of the molecule is CC1CNCCN1C(=O)c1ccco1. The van der Waals surface area contributed by atoms with Crippen LogP contribution in [0.5, 0.6) is 0 Å². The Labute approximate surface area is 82.9 Å². The van der Waals surface area contributed by atoms with Crippen molar-refractivity contribution in [3.05, 3.63) is 24.2 Å². The second-order valence-electron chi connectivity index (χ2n) is 3.53. The molecule has 1 aromatic rings. The monoisotopic (exact) mass is 194 g/mol. The van der Waals surface area contributed by atoms with Crippen LogP contribution in [0.15, 0.2) is 22.8 Å². The summed E-state index contributed by atoms with van der Waals surface area (Å²) in [6.07, 6.45) is 1.53. The molecule has 4 heteroatoms. The van der Waals surface area contributed by atoms with Crippen LogP contribution in [0.3, 0.4) is 0 Å². The molecule has 0 spiro atoms. The van der Waals surface area contributed by atoms with Gasteiger partial charge in [0, 0.05) is 25.7 Å². The first-order valence-electron chi connectivity index (χ1n) is 4.84. The third-order valence-electron chi connectivity index (χ3n) is 2.49. The van der Waals surface area contributed by atoms with E-state index in [9.17, 15) is 4.79 Å². The summed E-state index contributed by atoms with van der Waals surface area (Å²) in [5.41, 5.74) is 0. The van der Waals surface area contributed by atoms with Crippen molar-refractivity contribution in [3.63, 3.8) is 0 Å². The van der Waals surface area contributed by atoms with Gasteiger partial charge in [-0.05, 0) is 19.1 Å². The molecule has 1 atom stereocenters. The van der Waals surface area contributed by atoms with Gasteiger partial charge in [-0.3, -0.25) is 4.79 Å². The lowest BCUT2D eigenvalue weighted by atomic mass is 10.2. The number of carbonyl (C=O) groups excluding carboxylic acids is 1. The largest absolute Gasteiger partial charge is 0.459 e. The number of rotatable bonds is 1. The quantitative estimate of drug-likeness (QED) is 0.716. The molecule has 1 N–H and O–H groups in total. The zero-order valence-electron chi connectivity index (χ0n) is 8.19. The average Bonchev–Trinajstić information content (AvgIpc) is 2.70. The maximum Gasteiger partial charge on any atom is 0.289 e. The van der Waals surface area contributed by atoms with Crippen LogP contribution in [0.1, 0.15) is 17.5 Å². The van der Waals surface area contributed by atoms with Crippen molar-refractivity contribution in [1.82, 2.24) is 10.2 Å². The van der Waals surface area contributed by atoms with Gasteiger partial charge >= 0.3 is 0 Å². The Hall–Kier alpha value is -1.29. The highest BCUT2D eigenvalue weighted by molar-refractivity contribution is 5.91. The first-order valence-corrected chi connectivity index (χ1v) is 4.84. The number of piperazine rings is 1. The van der Waals surface area contributed by atoms with E-state index in [2.05, 4.69) is 5.32 Å². The van der Waals surface area contributed by atoms with Crippen LogP contribution in [-0.4, -0.2) is 36.5 Å². The Morgan fingerprint density at radius 1 is 1.71 bits per heavy atom. The summed E-state index contributed by atoms with van der Waals surface area (Å²) in [6, 6.07) is 3.68. The Morgan fingerprint density at radius 3 is 3.21 bits per heavy atom. The molecule has 0 aliphatic carbocycles. The minimum atomic E-state index is -0.0102. The summed E-state index contributed by atoms with van der Waals surface area (Å²) < 4.78 is 5.09. The Bertz CT molecular complexity index is 308. The summed E-state index contributed by atoms with van der Waals surface area (Å²) in [5, 5.41) is 3.24. The predicted molar refractivity (Wildman–Crippen MR) is 52.1 cm³/mol. The van der Waals surface area contributed by atoms with Crippen molar-refractivity contribution >= 4 is 5.91 Å². The highest BCUT2D eigenvalue weighted by Gasteiger charge is 2.25. The molecule has 76 valence electrons. The van der Waals surface area contributed by atoms with Crippen LogP contribution >= 0.6 is 0 Å². The number of amides is 1. The normalized spacial score (nSPS) is 22.4. The van der Waals surface area contributed by atoms with E-state index in [0.717, 1.165) is 19.6 Å². The van der Waals surface area contributed by atoms with E-state index in [-0.39, 0.29) is 11.9 Å². The fourth-order valence-corrected chi connectivity index (χ4v) is 1.68. The molecule has 0 bridgehead atoms. The Balaban J connectivity index is 2.10. The van der Waals surface area contributed by atoms with Crippen molar-refractivity contribution in [2.24, 2.45) is 0 Å². The van der Waals surface area contributed by atoms with Gasteiger partial charge in [-0.25, -0.2) is 0 Å². The van der Waals surface area contributed by atoms with Crippen LogP contribution in [0.25, 0.3) is 0 Å². The first-order chi connectivity index (χ1) is 6.79. The number of nitrogens with one attached hydrogen (secondary N) is 1. The molecule has 1 aliphatic heterocycles. The van der Waals surface area contributed by atoms with E-state index in [1.165, 1.54) is 6.26 Å². The molecule has 0 aromatic carbocycles. The zero-order valence-corrected chi connectivity index (χ0v) is 8.19. The van der Waals surface area contributed by atoms with Gasteiger partial charge in [0.05, 0.1) is 6.26 Å². The molecule has 1 saturated heterocycles. The lowest BCUT2D eigenvalue weighted by molar-refractivity contribution is 0.0623. The van der Waals surface area contributed by atoms with E-state index in [1.54, 1.807) is 12.1 Å². The Kier molecular flexibility index (Phi) is 2.54. The molecular weight excluding hydrogens is 180 g/mol. The van der Waals surface area contributed by atoms with E-state index < -0.39 is 0 Å². The molecule has 0 radical (unpaired) electrons. The fraction of sp³-hybridized carbons (Fsp3) is 0.500. The molecule has 2 rings (SSSR count). The maximum atomic E-state index is 11.9. The van der Waals surface area contributed by atoms with Crippen LogP contribution in [0, 0.1) is 0 Å². The summed E-state index contributed by atoms with van der Waals surface area (Å²) in [6.45, 7) is 4.50. The van der Waals surface area contributed by atoms with Crippen LogP contribution in [-0.2, 0) is 0 Å². The van der Waals surface area contributed by atoms with Gasteiger partial charge in [0.25, 0.3) is 5.91 Å². The zero-order chi connectivity index (χ0) is 9.97. The van der Waals surface area contributed by atoms with Crippen molar-refractivity contribution < 1.29 is 9.21 Å². The fourth-order valence-electron chi connectivity index (χ4n) is 1.68. The molecular formula is C10H14N2O2. The van der Waals surface area contributed by atoms with Gasteiger partial charge in [-0.15, -0.1) is 0 Å². The van der Waals surface area contributed by atoms with Gasteiger partial charge in [-0.2, -0.15) is 0 Å². The highest BCUT2D eigenvalue weighted by Crippen LogP contribution is 2.10. The minimum absolute atomic E-state index is 0.0102. The summed E-state index contributed by atoms with van der Waals surface area (Å²) in [4.78, 5) is 13.7. The van der Waals surface area contributed by atoms with Crippen LogP contribution in [0.2, 0.25) is 0 Å². The van der Waals surface area contributed by atoms with Gasteiger partial charge in [0.2, 0.25) is 0 Å². The standard InChI is InChI=1S/C10H14N2O2/c1-8-7-11-4-5-12(8)10(13)9-3-2-6-14-9/h2-3,6,8,11H,4-5,7H2,1H3. The van der Waals surface area contributed by atoms with Crippen molar-refractivity contribution in [3.8, 4) is 0 Å². The van der Waals surface area contributed by atoms with Crippen molar-refractivity contribution in [2.75, 3.05) is 19.6 Å². The Morgan fingerprint density at radius 2 is 2.57 bits per heavy atom. The highest BCUT2D eigenvalue weighted by atomic mass is 16.3. The molecule has 2 heterocycles. The smallest absolute Gasteiger partial charge is 0.289 e. The molecule has 1 unspecified atom stereocenters. The van der Waals surface area contributed by atoms with Crippen molar-refractivity contribution in [1.29, 1.82) is 0 Å². The van der Waals surface area contributed by atoms with Crippen molar-refractivity contribution in [2.45, 2.75) is 13.0 Å². The molecule has 1 fully saturated rings. The second kappa shape index (κ2) is 3.84. The van der Waals surface area contributed by atoms with Crippen LogP contribution < -0.4 is 5.32 Å². The average molecular weight is 194 g/mol. The van der Waals surface area contributed by atoms with Gasteiger partial charge in [-0.1, -0.05) is 0 Å². The topological polar surface area (TPSA) is 45.5 Å². The van der Waals surface area contributed by atoms with E-state index in [4.69, 9.17) is 4.42 Å². The van der Waals surface area contributed by atoms with E-state index in [0.29, 0.717) is 5.76 Å². The number of hydrogen-bond donors (Lipinski definition) is 1. The lowest BCUT2D eigenvalue weighted by Crippen LogP contribution is -2.52. The number of nitrogens with zero attached hydrogens (tertiary/aromatic N) is 1. The number of hydrogen-bond acceptors (Lipinski definition) is 3. The number of furan rings is 1. The van der Waals surface area contributed by atoms with Gasteiger partial charge in [0.1, 0.15) is 0 Å². The third kappa shape index (κ3) is 1.65.